The van der Waals surface area contributed by atoms with E-state index in [9.17, 15) is 19.2 Å². The molecule has 2 saturated heterocycles. The van der Waals surface area contributed by atoms with Crippen molar-refractivity contribution in [2.24, 2.45) is 5.92 Å². The standard InChI is InChI=1S/C32H37N3O4S/c1-19(2)16-24(33-29(37)20-10-12-21(13-11-20)32(3,4)5)31(39)34-15-14-25-28(34)26(36)17-35(25)30(38)23-18-40-27-9-7-6-8-22(23)27/h6-13,18-19,24-25,28H,14-17H2,1-5H3,(H,33,37). The number of amides is 3. The summed E-state index contributed by atoms with van der Waals surface area (Å²) >= 11 is 1.51. The van der Waals surface area contributed by atoms with Crippen molar-refractivity contribution in [1.29, 1.82) is 0 Å². The van der Waals surface area contributed by atoms with E-state index in [-0.39, 0.29) is 47.4 Å². The van der Waals surface area contributed by atoms with Gasteiger partial charge in [-0.05, 0) is 47.9 Å². The molecule has 3 atom stereocenters. The van der Waals surface area contributed by atoms with Crippen LogP contribution in [0.15, 0.2) is 53.9 Å². The summed E-state index contributed by atoms with van der Waals surface area (Å²) in [5, 5.41) is 5.69. The summed E-state index contributed by atoms with van der Waals surface area (Å²) in [6.45, 7) is 10.7. The van der Waals surface area contributed by atoms with Crippen LogP contribution in [0, 0.1) is 5.92 Å². The number of likely N-dealkylation sites (tertiary alicyclic amines) is 2. The van der Waals surface area contributed by atoms with Crippen molar-refractivity contribution in [3.63, 3.8) is 0 Å². The van der Waals surface area contributed by atoms with Gasteiger partial charge < -0.3 is 15.1 Å². The van der Waals surface area contributed by atoms with Crippen LogP contribution in [0.4, 0.5) is 0 Å². The highest BCUT2D eigenvalue weighted by Gasteiger charge is 2.52. The fraction of sp³-hybridized carbons (Fsp3) is 0.438. The zero-order valence-corrected chi connectivity index (χ0v) is 24.6. The number of carbonyl (C=O) groups is 4. The van der Waals surface area contributed by atoms with Crippen molar-refractivity contribution >= 4 is 44.9 Å². The Hall–Kier alpha value is -3.52. The molecule has 3 aromatic rings. The van der Waals surface area contributed by atoms with Crippen LogP contribution in [0.5, 0.6) is 0 Å². The molecule has 0 radical (unpaired) electrons. The summed E-state index contributed by atoms with van der Waals surface area (Å²) in [6, 6.07) is 13.4. The van der Waals surface area contributed by atoms with E-state index in [0.29, 0.717) is 30.5 Å². The Kier molecular flexibility index (Phi) is 7.57. The van der Waals surface area contributed by atoms with E-state index < -0.39 is 12.1 Å². The molecule has 7 nitrogen and oxygen atoms in total. The molecule has 40 heavy (non-hydrogen) atoms. The predicted molar refractivity (Wildman–Crippen MR) is 158 cm³/mol. The molecule has 3 amide bonds. The van der Waals surface area contributed by atoms with E-state index in [1.165, 1.54) is 11.3 Å². The third-order valence-corrected chi connectivity index (χ3v) is 8.96. The number of hydrogen-bond donors (Lipinski definition) is 1. The number of benzene rings is 2. The summed E-state index contributed by atoms with van der Waals surface area (Å²) in [4.78, 5) is 57.1. The number of fused-ring (bicyclic) bond motifs is 2. The minimum absolute atomic E-state index is 0.0105. The second-order valence-electron chi connectivity index (χ2n) is 12.4. The lowest BCUT2D eigenvalue weighted by atomic mass is 9.86. The quantitative estimate of drug-likeness (QED) is 0.459. The minimum Gasteiger partial charge on any atom is -0.340 e. The number of carbonyl (C=O) groups excluding carboxylic acids is 4. The van der Waals surface area contributed by atoms with Crippen molar-refractivity contribution in [3.05, 3.63) is 70.6 Å². The maximum atomic E-state index is 13.9. The van der Waals surface area contributed by atoms with Gasteiger partial charge in [-0.15, -0.1) is 11.3 Å². The lowest BCUT2D eigenvalue weighted by molar-refractivity contribution is -0.138. The SMILES string of the molecule is CC(C)CC(NC(=O)c1ccc(C(C)(C)C)cc1)C(=O)N1CCC2C1C(=O)CN2C(=O)c1csc2ccccc12. The first-order valence-corrected chi connectivity index (χ1v) is 14.9. The molecule has 0 bridgehead atoms. The Bertz CT molecular complexity index is 1450. The first-order valence-electron chi connectivity index (χ1n) is 14.0. The number of ketones is 1. The fourth-order valence-corrected chi connectivity index (χ4v) is 6.83. The van der Waals surface area contributed by atoms with Gasteiger partial charge in [-0.2, -0.15) is 0 Å². The van der Waals surface area contributed by atoms with Gasteiger partial charge in [0.05, 0.1) is 18.2 Å². The Balaban J connectivity index is 1.33. The molecule has 2 aromatic carbocycles. The number of nitrogens with zero attached hydrogens (tertiary/aromatic N) is 2. The van der Waals surface area contributed by atoms with E-state index in [4.69, 9.17) is 0 Å². The number of hydrogen-bond acceptors (Lipinski definition) is 5. The van der Waals surface area contributed by atoms with Crippen molar-refractivity contribution in [1.82, 2.24) is 15.1 Å². The maximum absolute atomic E-state index is 13.9. The second kappa shape index (κ2) is 10.8. The van der Waals surface area contributed by atoms with E-state index in [1.54, 1.807) is 21.9 Å². The molecule has 0 saturated carbocycles. The number of thiophene rings is 1. The molecule has 210 valence electrons. The zero-order valence-electron chi connectivity index (χ0n) is 23.8. The Labute approximate surface area is 239 Å². The van der Waals surface area contributed by atoms with Crippen LogP contribution < -0.4 is 5.32 Å². The van der Waals surface area contributed by atoms with Crippen molar-refractivity contribution in [3.8, 4) is 0 Å². The number of Topliss-reactive ketones (excluding diaryl/α,β-unsaturated/α-hetero) is 1. The Morgan fingerprint density at radius 1 is 1.02 bits per heavy atom. The van der Waals surface area contributed by atoms with Crippen LogP contribution in [0.3, 0.4) is 0 Å². The van der Waals surface area contributed by atoms with E-state index in [0.717, 1.165) is 15.6 Å². The summed E-state index contributed by atoms with van der Waals surface area (Å²) in [7, 11) is 0. The van der Waals surface area contributed by atoms with Crippen LogP contribution in [-0.2, 0) is 15.0 Å². The van der Waals surface area contributed by atoms with Gasteiger partial charge in [0.1, 0.15) is 12.1 Å². The van der Waals surface area contributed by atoms with E-state index in [2.05, 4.69) is 26.1 Å². The summed E-state index contributed by atoms with van der Waals surface area (Å²) < 4.78 is 1.02. The normalized spacial score (nSPS) is 19.8. The van der Waals surface area contributed by atoms with Gasteiger partial charge in [0.15, 0.2) is 5.78 Å². The molecule has 2 aliphatic heterocycles. The van der Waals surface area contributed by atoms with Crippen LogP contribution in [0.25, 0.3) is 10.1 Å². The average molecular weight is 560 g/mol. The summed E-state index contributed by atoms with van der Waals surface area (Å²) in [5.41, 5.74) is 2.18. The lowest BCUT2D eigenvalue weighted by Gasteiger charge is -2.29. The average Bonchev–Trinajstić information content (AvgIpc) is 3.62. The molecule has 0 spiro atoms. The van der Waals surface area contributed by atoms with E-state index >= 15 is 0 Å². The van der Waals surface area contributed by atoms with Gasteiger partial charge in [0.25, 0.3) is 11.8 Å². The Morgan fingerprint density at radius 3 is 2.40 bits per heavy atom. The van der Waals surface area contributed by atoms with Gasteiger partial charge in [-0.3, -0.25) is 19.2 Å². The van der Waals surface area contributed by atoms with Crippen LogP contribution >= 0.6 is 11.3 Å². The molecule has 3 heterocycles. The molecular formula is C32H37N3O4S. The van der Waals surface area contributed by atoms with E-state index in [1.807, 2.05) is 55.6 Å². The molecule has 0 aliphatic carbocycles. The molecule has 8 heteroatoms. The smallest absolute Gasteiger partial charge is 0.256 e. The van der Waals surface area contributed by atoms with Crippen LogP contribution in [0.1, 0.15) is 73.7 Å². The molecule has 1 N–H and O–H groups in total. The monoisotopic (exact) mass is 559 g/mol. The first kappa shape index (κ1) is 28.0. The third kappa shape index (κ3) is 5.29. The van der Waals surface area contributed by atoms with Gasteiger partial charge >= 0.3 is 0 Å². The molecule has 5 rings (SSSR count). The Morgan fingerprint density at radius 2 is 1.73 bits per heavy atom. The molecular weight excluding hydrogens is 522 g/mol. The van der Waals surface area contributed by atoms with Crippen LogP contribution in [0.2, 0.25) is 0 Å². The van der Waals surface area contributed by atoms with Crippen molar-refractivity contribution in [2.75, 3.05) is 13.1 Å². The zero-order chi connectivity index (χ0) is 28.8. The predicted octanol–water partition coefficient (Wildman–Crippen LogP) is 5.04. The number of rotatable bonds is 6. The van der Waals surface area contributed by atoms with Crippen molar-refractivity contribution in [2.45, 2.75) is 71.0 Å². The van der Waals surface area contributed by atoms with Gasteiger partial charge in [-0.25, -0.2) is 0 Å². The lowest BCUT2D eigenvalue weighted by Crippen LogP contribution is -2.53. The molecule has 2 fully saturated rings. The van der Waals surface area contributed by atoms with Crippen molar-refractivity contribution < 1.29 is 19.2 Å². The highest BCUT2D eigenvalue weighted by molar-refractivity contribution is 7.17. The number of nitrogens with one attached hydrogen (secondary N) is 1. The third-order valence-electron chi connectivity index (χ3n) is 8.00. The molecule has 1 aromatic heterocycles. The minimum atomic E-state index is -0.757. The summed E-state index contributed by atoms with van der Waals surface area (Å²) in [5.74, 6) is -0.715. The fourth-order valence-electron chi connectivity index (χ4n) is 5.89. The topological polar surface area (TPSA) is 86.8 Å². The second-order valence-corrected chi connectivity index (χ2v) is 13.3. The largest absolute Gasteiger partial charge is 0.340 e. The highest BCUT2D eigenvalue weighted by Crippen LogP contribution is 2.34. The van der Waals surface area contributed by atoms with Gasteiger partial charge in [0, 0.05) is 27.6 Å². The first-order chi connectivity index (χ1) is 19.0. The summed E-state index contributed by atoms with van der Waals surface area (Å²) in [6.07, 6.45) is 0.989. The van der Waals surface area contributed by atoms with Gasteiger partial charge in [-0.1, -0.05) is 65.0 Å². The van der Waals surface area contributed by atoms with Crippen LogP contribution in [-0.4, -0.2) is 64.5 Å². The molecule has 3 unspecified atom stereocenters. The van der Waals surface area contributed by atoms with Gasteiger partial charge in [0.2, 0.25) is 5.91 Å². The maximum Gasteiger partial charge on any atom is 0.256 e. The molecule has 2 aliphatic rings. The highest BCUT2D eigenvalue weighted by atomic mass is 32.1.